The van der Waals surface area contributed by atoms with Crippen LogP contribution in [0.15, 0.2) is 32.7 Å². The number of nitrogens with two attached hydrogens (primary N) is 2. The Morgan fingerprint density at radius 3 is 2.76 bits per heavy atom. The van der Waals surface area contributed by atoms with Crippen LogP contribution in [-0.4, -0.2) is 16.1 Å². The van der Waals surface area contributed by atoms with Gasteiger partial charge in [-0.15, -0.1) is 10.2 Å². The van der Waals surface area contributed by atoms with Crippen molar-refractivity contribution in [3.63, 3.8) is 0 Å². The largest absolute Gasteiger partial charge is 0.416 e. The van der Waals surface area contributed by atoms with E-state index < -0.39 is 5.91 Å². The third-order valence-electron chi connectivity index (χ3n) is 2.01. The summed E-state index contributed by atoms with van der Waals surface area (Å²) in [5, 5.41) is 7.84. The molecule has 0 bridgehead atoms. The predicted molar refractivity (Wildman–Crippen MR) is 62.5 cm³/mol. The molecular formula is C10H10N4O2S. The molecule has 0 radical (unpaired) electrons. The van der Waals surface area contributed by atoms with Gasteiger partial charge in [-0.25, -0.2) is 0 Å². The van der Waals surface area contributed by atoms with Gasteiger partial charge in [-0.2, -0.15) is 0 Å². The zero-order valence-corrected chi connectivity index (χ0v) is 9.82. The average Bonchev–Trinajstić information content (AvgIpc) is 2.67. The lowest BCUT2D eigenvalue weighted by Crippen LogP contribution is -2.13. The Bertz CT molecular complexity index is 567. The normalized spacial score (nSPS) is 10.4. The summed E-state index contributed by atoms with van der Waals surface area (Å²) in [7, 11) is 0. The number of rotatable bonds is 3. The number of carbonyl (C=O) groups is 1. The van der Waals surface area contributed by atoms with Crippen LogP contribution in [0.3, 0.4) is 0 Å². The van der Waals surface area contributed by atoms with E-state index in [1.807, 2.05) is 0 Å². The van der Waals surface area contributed by atoms with E-state index >= 15 is 0 Å². The Hall–Kier alpha value is -2.02. The minimum atomic E-state index is -0.545. The van der Waals surface area contributed by atoms with Crippen molar-refractivity contribution in [1.82, 2.24) is 10.2 Å². The van der Waals surface area contributed by atoms with E-state index in [9.17, 15) is 4.79 Å². The maximum atomic E-state index is 11.3. The molecule has 1 amide bonds. The molecule has 2 aromatic rings. The van der Waals surface area contributed by atoms with Crippen LogP contribution in [-0.2, 0) is 0 Å². The summed E-state index contributed by atoms with van der Waals surface area (Å²) in [4.78, 5) is 11.8. The van der Waals surface area contributed by atoms with Gasteiger partial charge in [0.1, 0.15) is 0 Å². The monoisotopic (exact) mass is 250 g/mol. The molecule has 4 N–H and O–H groups in total. The third kappa shape index (κ3) is 2.39. The van der Waals surface area contributed by atoms with Gasteiger partial charge in [0, 0.05) is 12.6 Å². The van der Waals surface area contributed by atoms with Gasteiger partial charge in [-0.3, -0.25) is 4.79 Å². The van der Waals surface area contributed by atoms with E-state index in [-0.39, 0.29) is 0 Å². The Morgan fingerprint density at radius 1 is 1.41 bits per heavy atom. The molecule has 88 valence electrons. The maximum absolute atomic E-state index is 11.3. The number of amides is 1. The second-order valence-electron chi connectivity index (χ2n) is 3.28. The molecule has 0 saturated heterocycles. The van der Waals surface area contributed by atoms with E-state index in [0.717, 1.165) is 11.8 Å². The smallest absolute Gasteiger partial charge is 0.281 e. The van der Waals surface area contributed by atoms with Gasteiger partial charge >= 0.3 is 0 Å². The molecule has 0 spiro atoms. The first kappa shape index (κ1) is 11.5. The summed E-state index contributed by atoms with van der Waals surface area (Å²) in [6, 6.07) is 4.95. The van der Waals surface area contributed by atoms with Gasteiger partial charge in [-0.1, -0.05) is 6.07 Å². The van der Waals surface area contributed by atoms with Gasteiger partial charge in [0.05, 0.1) is 10.5 Å². The Labute approximate surface area is 101 Å². The minimum Gasteiger partial charge on any atom is -0.416 e. The lowest BCUT2D eigenvalue weighted by molar-refractivity contribution is 0.0997. The molecule has 0 aliphatic heterocycles. The zero-order valence-electron chi connectivity index (χ0n) is 9.01. The molecule has 6 nitrogen and oxygen atoms in total. The number of hydrogen-bond acceptors (Lipinski definition) is 6. The fourth-order valence-electron chi connectivity index (χ4n) is 1.27. The number of anilines is 1. The van der Waals surface area contributed by atoms with Crippen LogP contribution in [0.2, 0.25) is 0 Å². The van der Waals surface area contributed by atoms with Crippen LogP contribution in [0.25, 0.3) is 0 Å². The Kier molecular flexibility index (Phi) is 3.01. The van der Waals surface area contributed by atoms with Gasteiger partial charge in [0.2, 0.25) is 11.8 Å². The molecule has 0 unspecified atom stereocenters. The van der Waals surface area contributed by atoms with Crippen molar-refractivity contribution < 1.29 is 9.21 Å². The second kappa shape index (κ2) is 4.46. The fourth-order valence-corrected chi connectivity index (χ4v) is 2.15. The van der Waals surface area contributed by atoms with Crippen LogP contribution in [0.1, 0.15) is 16.2 Å². The number of carbonyl (C=O) groups excluding carboxylic acids is 1. The summed E-state index contributed by atoms with van der Waals surface area (Å²) in [5.41, 5.74) is 11.8. The van der Waals surface area contributed by atoms with E-state index in [0.29, 0.717) is 27.3 Å². The first-order valence-electron chi connectivity index (χ1n) is 4.74. The number of benzene rings is 1. The first-order chi connectivity index (χ1) is 8.08. The molecule has 0 aliphatic carbocycles. The van der Waals surface area contributed by atoms with E-state index in [1.165, 1.54) is 0 Å². The summed E-state index contributed by atoms with van der Waals surface area (Å²) < 4.78 is 5.21. The molecule has 1 aromatic carbocycles. The molecule has 0 atom stereocenters. The van der Waals surface area contributed by atoms with Crippen LogP contribution < -0.4 is 11.5 Å². The third-order valence-corrected chi connectivity index (χ3v) is 3.01. The van der Waals surface area contributed by atoms with Crippen molar-refractivity contribution in [3.05, 3.63) is 29.7 Å². The highest BCUT2D eigenvalue weighted by atomic mass is 32.2. The summed E-state index contributed by atoms with van der Waals surface area (Å²) in [6.07, 6.45) is 0. The van der Waals surface area contributed by atoms with Crippen molar-refractivity contribution in [2.75, 3.05) is 5.73 Å². The topological polar surface area (TPSA) is 108 Å². The summed E-state index contributed by atoms with van der Waals surface area (Å²) >= 11 is 1.12. The van der Waals surface area contributed by atoms with Gasteiger partial charge in [0.25, 0.3) is 5.22 Å². The number of aromatic nitrogens is 2. The average molecular weight is 250 g/mol. The highest BCUT2D eigenvalue weighted by Gasteiger charge is 2.15. The van der Waals surface area contributed by atoms with Crippen LogP contribution in [0.4, 0.5) is 5.69 Å². The molecule has 1 heterocycles. The van der Waals surface area contributed by atoms with Crippen molar-refractivity contribution in [2.24, 2.45) is 5.73 Å². The number of hydrogen-bond donors (Lipinski definition) is 2. The lowest BCUT2D eigenvalue weighted by Gasteiger charge is -2.06. The predicted octanol–water partition coefficient (Wildman–Crippen LogP) is 1.21. The highest BCUT2D eigenvalue weighted by molar-refractivity contribution is 7.99. The molecule has 0 fully saturated rings. The highest BCUT2D eigenvalue weighted by Crippen LogP contribution is 2.33. The maximum Gasteiger partial charge on any atom is 0.281 e. The standard InChI is InChI=1S/C10H10N4O2S/c1-5-13-14-10(16-5)17-8-6(9(12)15)3-2-4-7(8)11/h2-4H,11H2,1H3,(H2,12,15). The van der Waals surface area contributed by atoms with Crippen molar-refractivity contribution in [1.29, 1.82) is 0 Å². The minimum absolute atomic E-state index is 0.322. The summed E-state index contributed by atoms with van der Waals surface area (Å²) in [5.74, 6) is -0.0985. The number of aryl methyl sites for hydroxylation is 1. The van der Waals surface area contributed by atoms with Crippen LogP contribution in [0, 0.1) is 6.92 Å². The van der Waals surface area contributed by atoms with Crippen molar-refractivity contribution >= 4 is 23.4 Å². The number of nitrogens with zero attached hydrogens (tertiary/aromatic N) is 2. The zero-order chi connectivity index (χ0) is 12.4. The molecule has 0 saturated carbocycles. The van der Waals surface area contributed by atoms with Crippen LogP contribution in [0.5, 0.6) is 0 Å². The number of primary amides is 1. The lowest BCUT2D eigenvalue weighted by atomic mass is 10.2. The van der Waals surface area contributed by atoms with Gasteiger partial charge < -0.3 is 15.9 Å². The summed E-state index contributed by atoms with van der Waals surface area (Å²) in [6.45, 7) is 1.68. The van der Waals surface area contributed by atoms with Crippen molar-refractivity contribution in [2.45, 2.75) is 17.0 Å². The number of nitrogen functional groups attached to an aromatic ring is 1. The Morgan fingerprint density at radius 2 is 2.18 bits per heavy atom. The molecule has 0 aliphatic rings. The first-order valence-corrected chi connectivity index (χ1v) is 5.56. The van der Waals surface area contributed by atoms with E-state index in [1.54, 1.807) is 25.1 Å². The van der Waals surface area contributed by atoms with Crippen LogP contribution >= 0.6 is 11.8 Å². The van der Waals surface area contributed by atoms with Crippen molar-refractivity contribution in [3.8, 4) is 0 Å². The molecule has 1 aromatic heterocycles. The van der Waals surface area contributed by atoms with Gasteiger partial charge in [-0.05, 0) is 23.9 Å². The molecular weight excluding hydrogens is 240 g/mol. The SMILES string of the molecule is Cc1nnc(Sc2c(N)cccc2C(N)=O)o1. The molecule has 17 heavy (non-hydrogen) atoms. The van der Waals surface area contributed by atoms with E-state index in [4.69, 9.17) is 15.9 Å². The molecule has 7 heteroatoms. The van der Waals surface area contributed by atoms with Gasteiger partial charge in [0.15, 0.2) is 0 Å². The quantitative estimate of drug-likeness (QED) is 0.792. The molecule has 2 rings (SSSR count). The second-order valence-corrected chi connectivity index (χ2v) is 4.24. The fraction of sp³-hybridized carbons (Fsp3) is 0.100. The Balaban J connectivity index is 2.40. The van der Waals surface area contributed by atoms with E-state index in [2.05, 4.69) is 10.2 Å².